The molecule has 0 aromatic heterocycles. The third-order valence-corrected chi connectivity index (χ3v) is 2.75. The van der Waals surface area contributed by atoms with Gasteiger partial charge in [0.15, 0.2) is 0 Å². The monoisotopic (exact) mass is 310 g/mol. The maximum absolute atomic E-state index is 12.9. The molecule has 0 fully saturated rings. The van der Waals surface area contributed by atoms with Crippen molar-refractivity contribution in [3.05, 3.63) is 29.3 Å². The van der Waals surface area contributed by atoms with Crippen molar-refractivity contribution in [3.8, 4) is 5.75 Å². The molecular weight excluding hydrogens is 293 g/mol. The van der Waals surface area contributed by atoms with E-state index in [0.717, 1.165) is 6.07 Å². The first-order valence-corrected chi connectivity index (χ1v) is 6.84. The Morgan fingerprint density at radius 1 is 1.20 bits per heavy atom. The van der Waals surface area contributed by atoms with Gasteiger partial charge in [0.1, 0.15) is 12.4 Å². The Hall–Kier alpha value is -0.940. The highest BCUT2D eigenvalue weighted by atomic mass is 35.5. The van der Waals surface area contributed by atoms with Gasteiger partial charge in [-0.25, -0.2) is 0 Å². The second-order valence-corrected chi connectivity index (χ2v) is 5.05. The second-order valence-electron chi connectivity index (χ2n) is 4.78. The van der Waals surface area contributed by atoms with Crippen molar-refractivity contribution in [2.75, 3.05) is 19.8 Å². The van der Waals surface area contributed by atoms with Gasteiger partial charge in [-0.3, -0.25) is 0 Å². The summed E-state index contributed by atoms with van der Waals surface area (Å²) in [7, 11) is 0. The minimum absolute atomic E-state index is 0.0286. The van der Waals surface area contributed by atoms with E-state index in [1.54, 1.807) is 0 Å². The van der Waals surface area contributed by atoms with Crippen LogP contribution in [0.2, 0.25) is 0 Å². The highest BCUT2D eigenvalue weighted by molar-refractivity contribution is 6.17. The van der Waals surface area contributed by atoms with Crippen molar-refractivity contribution in [1.29, 1.82) is 0 Å². The second kappa shape index (κ2) is 7.74. The Morgan fingerprint density at radius 3 is 2.45 bits per heavy atom. The van der Waals surface area contributed by atoms with E-state index in [4.69, 9.17) is 21.1 Å². The van der Waals surface area contributed by atoms with Crippen molar-refractivity contribution in [2.45, 2.75) is 25.9 Å². The molecule has 0 aliphatic rings. The zero-order valence-corrected chi connectivity index (χ0v) is 12.2. The highest BCUT2D eigenvalue weighted by Gasteiger charge is 2.34. The Morgan fingerprint density at radius 2 is 1.90 bits per heavy atom. The van der Waals surface area contributed by atoms with E-state index >= 15 is 0 Å². The largest absolute Gasteiger partial charge is 0.491 e. The lowest BCUT2D eigenvalue weighted by Crippen LogP contribution is -2.13. The molecule has 0 bridgehead atoms. The SMILES string of the molecule is CC(C)COCCOc1ccc(CCl)cc1C(F)(F)F. The molecular formula is C14H18ClF3O2. The zero-order valence-electron chi connectivity index (χ0n) is 11.5. The molecule has 114 valence electrons. The Bertz CT molecular complexity index is 419. The molecule has 0 saturated carbocycles. The number of hydrogen-bond donors (Lipinski definition) is 0. The molecule has 6 heteroatoms. The van der Waals surface area contributed by atoms with Crippen LogP contribution in [0.3, 0.4) is 0 Å². The standard InChI is InChI=1S/C14H18ClF3O2/c1-10(2)9-19-5-6-20-13-4-3-11(8-15)7-12(13)14(16,17)18/h3-4,7,10H,5-6,8-9H2,1-2H3. The average molecular weight is 311 g/mol. The van der Waals surface area contributed by atoms with Crippen molar-refractivity contribution >= 4 is 11.6 Å². The molecule has 1 aromatic carbocycles. The molecule has 0 spiro atoms. The van der Waals surface area contributed by atoms with Crippen molar-refractivity contribution in [3.63, 3.8) is 0 Å². The van der Waals surface area contributed by atoms with Gasteiger partial charge in [0.25, 0.3) is 0 Å². The van der Waals surface area contributed by atoms with Crippen molar-refractivity contribution in [2.24, 2.45) is 5.92 Å². The first-order valence-electron chi connectivity index (χ1n) is 6.31. The number of halogens is 4. The first-order chi connectivity index (χ1) is 9.34. The van der Waals surface area contributed by atoms with Gasteiger partial charge in [0, 0.05) is 12.5 Å². The lowest BCUT2D eigenvalue weighted by atomic mass is 10.1. The minimum atomic E-state index is -4.46. The molecule has 2 nitrogen and oxygen atoms in total. The normalized spacial score (nSPS) is 11.9. The third-order valence-electron chi connectivity index (χ3n) is 2.44. The molecule has 0 aliphatic carbocycles. The molecule has 1 aromatic rings. The number of alkyl halides is 4. The summed E-state index contributed by atoms with van der Waals surface area (Å²) in [5, 5.41) is 0. The van der Waals surface area contributed by atoms with Crippen LogP contribution < -0.4 is 4.74 Å². The lowest BCUT2D eigenvalue weighted by molar-refractivity contribution is -0.139. The third kappa shape index (κ3) is 5.59. The molecule has 0 radical (unpaired) electrons. The molecule has 0 aliphatic heterocycles. The number of ether oxygens (including phenoxy) is 2. The summed E-state index contributed by atoms with van der Waals surface area (Å²) in [6, 6.07) is 3.83. The van der Waals surface area contributed by atoms with Gasteiger partial charge in [-0.1, -0.05) is 19.9 Å². The van der Waals surface area contributed by atoms with E-state index in [1.807, 2.05) is 13.8 Å². The summed E-state index contributed by atoms with van der Waals surface area (Å²) in [6.07, 6.45) is -4.46. The quantitative estimate of drug-likeness (QED) is 0.545. The fourth-order valence-corrected chi connectivity index (χ4v) is 1.70. The van der Waals surface area contributed by atoms with E-state index in [0.29, 0.717) is 18.1 Å². The maximum Gasteiger partial charge on any atom is 0.419 e. The summed E-state index contributed by atoms with van der Waals surface area (Å²) in [4.78, 5) is 0. The molecule has 0 atom stereocenters. The van der Waals surface area contributed by atoms with Crippen LogP contribution >= 0.6 is 11.6 Å². The maximum atomic E-state index is 12.9. The zero-order chi connectivity index (χ0) is 15.2. The Kier molecular flexibility index (Phi) is 6.62. The topological polar surface area (TPSA) is 18.5 Å². The fourth-order valence-electron chi connectivity index (χ4n) is 1.54. The smallest absolute Gasteiger partial charge is 0.419 e. The van der Waals surface area contributed by atoms with E-state index in [1.165, 1.54) is 12.1 Å². The van der Waals surface area contributed by atoms with Crippen LogP contribution in [0.4, 0.5) is 13.2 Å². The van der Waals surface area contributed by atoms with Crippen LogP contribution in [0.15, 0.2) is 18.2 Å². The van der Waals surface area contributed by atoms with E-state index in [2.05, 4.69) is 0 Å². The average Bonchev–Trinajstić information content (AvgIpc) is 2.37. The summed E-state index contributed by atoms with van der Waals surface area (Å²) < 4.78 is 49.1. The molecule has 1 rings (SSSR count). The van der Waals surface area contributed by atoms with Gasteiger partial charge in [-0.05, 0) is 23.6 Å². The number of rotatable bonds is 7. The van der Waals surface area contributed by atoms with Crippen molar-refractivity contribution in [1.82, 2.24) is 0 Å². The van der Waals surface area contributed by atoms with Gasteiger partial charge in [-0.15, -0.1) is 11.6 Å². The van der Waals surface area contributed by atoms with Crippen LogP contribution in [0.25, 0.3) is 0 Å². The molecule has 20 heavy (non-hydrogen) atoms. The highest BCUT2D eigenvalue weighted by Crippen LogP contribution is 2.37. The van der Waals surface area contributed by atoms with Crippen molar-refractivity contribution < 1.29 is 22.6 Å². The van der Waals surface area contributed by atoms with E-state index in [9.17, 15) is 13.2 Å². The summed E-state index contributed by atoms with van der Waals surface area (Å²) in [5.41, 5.74) is -0.401. The Labute approximate surface area is 121 Å². The molecule has 0 heterocycles. The van der Waals surface area contributed by atoms with Crippen LogP contribution in [0.5, 0.6) is 5.75 Å². The van der Waals surface area contributed by atoms with Gasteiger partial charge < -0.3 is 9.47 Å². The van der Waals surface area contributed by atoms with Crippen LogP contribution in [-0.4, -0.2) is 19.8 Å². The predicted octanol–water partition coefficient (Wildman–Crippen LogP) is 4.50. The predicted molar refractivity (Wildman–Crippen MR) is 72.2 cm³/mol. The van der Waals surface area contributed by atoms with Gasteiger partial charge in [0.05, 0.1) is 12.2 Å². The molecule has 0 N–H and O–H groups in total. The van der Waals surface area contributed by atoms with Gasteiger partial charge >= 0.3 is 6.18 Å². The van der Waals surface area contributed by atoms with E-state index in [-0.39, 0.29) is 24.8 Å². The van der Waals surface area contributed by atoms with E-state index < -0.39 is 11.7 Å². The fraction of sp³-hybridized carbons (Fsp3) is 0.571. The number of hydrogen-bond acceptors (Lipinski definition) is 2. The summed E-state index contributed by atoms with van der Waals surface area (Å²) >= 11 is 5.55. The van der Waals surface area contributed by atoms with Crippen LogP contribution in [0.1, 0.15) is 25.0 Å². The minimum Gasteiger partial charge on any atom is -0.491 e. The van der Waals surface area contributed by atoms with Gasteiger partial charge in [0.2, 0.25) is 0 Å². The van der Waals surface area contributed by atoms with Crippen LogP contribution in [0, 0.1) is 5.92 Å². The first kappa shape index (κ1) is 17.1. The lowest BCUT2D eigenvalue weighted by Gasteiger charge is -2.15. The summed E-state index contributed by atoms with van der Waals surface area (Å²) in [6.45, 7) is 4.88. The summed E-state index contributed by atoms with van der Waals surface area (Å²) in [5.74, 6) is 0.212. The number of benzene rings is 1. The van der Waals surface area contributed by atoms with Crippen LogP contribution in [-0.2, 0) is 16.8 Å². The molecule has 0 amide bonds. The van der Waals surface area contributed by atoms with Gasteiger partial charge in [-0.2, -0.15) is 13.2 Å². The molecule has 0 unspecified atom stereocenters. The molecule has 0 saturated heterocycles. The Balaban J connectivity index is 2.65.